The Kier molecular flexibility index (Phi) is 4.24. The van der Waals surface area contributed by atoms with Gasteiger partial charge >= 0.3 is 5.97 Å². The zero-order valence-corrected chi connectivity index (χ0v) is 11.2. The quantitative estimate of drug-likeness (QED) is 0.729. The zero-order valence-electron chi connectivity index (χ0n) is 11.2. The number of esters is 1. The van der Waals surface area contributed by atoms with Crippen LogP contribution in [0.2, 0.25) is 0 Å². The van der Waals surface area contributed by atoms with E-state index in [2.05, 4.69) is 15.1 Å². The van der Waals surface area contributed by atoms with Crippen molar-refractivity contribution in [2.75, 3.05) is 18.7 Å². The molecule has 1 aliphatic heterocycles. The lowest BCUT2D eigenvalue weighted by Gasteiger charge is -2.09. The Labute approximate surface area is 115 Å². The number of carbonyl (C=O) groups is 2. The van der Waals surface area contributed by atoms with E-state index in [1.165, 1.54) is 13.3 Å². The molecule has 2 heterocycles. The van der Waals surface area contributed by atoms with Gasteiger partial charge in [0.2, 0.25) is 5.88 Å². The SMILES string of the molecule is CCOC(=O)CC1=NN(c2nccc(OC)n2)C(=O)C1. The first-order chi connectivity index (χ1) is 9.63. The van der Waals surface area contributed by atoms with E-state index in [9.17, 15) is 9.59 Å². The van der Waals surface area contributed by atoms with E-state index in [4.69, 9.17) is 9.47 Å². The number of aromatic nitrogens is 2. The Balaban J connectivity index is 2.13. The second kappa shape index (κ2) is 6.09. The third-order valence-corrected chi connectivity index (χ3v) is 2.50. The molecule has 0 fully saturated rings. The normalized spacial score (nSPS) is 14.2. The fourth-order valence-electron chi connectivity index (χ4n) is 1.66. The number of hydrogen-bond acceptors (Lipinski definition) is 7. The van der Waals surface area contributed by atoms with Gasteiger partial charge in [-0.3, -0.25) is 9.59 Å². The summed E-state index contributed by atoms with van der Waals surface area (Å²) in [7, 11) is 1.47. The van der Waals surface area contributed by atoms with Gasteiger partial charge in [0.1, 0.15) is 0 Å². The summed E-state index contributed by atoms with van der Waals surface area (Å²) in [6.07, 6.45) is 1.51. The fourth-order valence-corrected chi connectivity index (χ4v) is 1.66. The van der Waals surface area contributed by atoms with Gasteiger partial charge < -0.3 is 9.47 Å². The third-order valence-electron chi connectivity index (χ3n) is 2.50. The van der Waals surface area contributed by atoms with E-state index in [1.807, 2.05) is 0 Å². The first kappa shape index (κ1) is 13.9. The van der Waals surface area contributed by atoms with Crippen molar-refractivity contribution < 1.29 is 19.1 Å². The van der Waals surface area contributed by atoms with Crippen LogP contribution in [0.5, 0.6) is 5.88 Å². The summed E-state index contributed by atoms with van der Waals surface area (Å²) in [4.78, 5) is 31.2. The van der Waals surface area contributed by atoms with E-state index in [0.29, 0.717) is 18.2 Å². The van der Waals surface area contributed by atoms with Gasteiger partial charge in [-0.1, -0.05) is 0 Å². The molecule has 8 nitrogen and oxygen atoms in total. The first-order valence-corrected chi connectivity index (χ1v) is 6.06. The number of methoxy groups -OCH3 is 1. The van der Waals surface area contributed by atoms with Crippen LogP contribution in [0.15, 0.2) is 17.4 Å². The predicted octanol–water partition coefficient (Wildman–Crippen LogP) is 0.531. The van der Waals surface area contributed by atoms with Crippen LogP contribution in [0.1, 0.15) is 19.8 Å². The van der Waals surface area contributed by atoms with Gasteiger partial charge in [0.15, 0.2) is 0 Å². The Morgan fingerprint density at radius 2 is 2.30 bits per heavy atom. The van der Waals surface area contributed by atoms with Crippen molar-refractivity contribution in [1.82, 2.24) is 9.97 Å². The summed E-state index contributed by atoms with van der Waals surface area (Å²) >= 11 is 0. The molecule has 0 saturated heterocycles. The Bertz CT molecular complexity index is 558. The molecule has 0 atom stereocenters. The molecule has 1 aromatic rings. The smallest absolute Gasteiger partial charge is 0.311 e. The maximum absolute atomic E-state index is 11.9. The van der Waals surface area contributed by atoms with Gasteiger partial charge in [0.25, 0.3) is 11.9 Å². The number of nitrogens with zero attached hydrogens (tertiary/aromatic N) is 4. The van der Waals surface area contributed by atoms with Crippen molar-refractivity contribution in [3.8, 4) is 5.88 Å². The minimum Gasteiger partial charge on any atom is -0.481 e. The topological polar surface area (TPSA) is 94.0 Å². The summed E-state index contributed by atoms with van der Waals surface area (Å²) < 4.78 is 9.78. The molecule has 0 aromatic carbocycles. The van der Waals surface area contributed by atoms with Crippen LogP contribution >= 0.6 is 0 Å². The lowest BCUT2D eigenvalue weighted by atomic mass is 10.2. The minimum atomic E-state index is -0.410. The number of rotatable bonds is 5. The molecule has 0 saturated carbocycles. The average molecular weight is 278 g/mol. The Morgan fingerprint density at radius 3 is 3.00 bits per heavy atom. The van der Waals surface area contributed by atoms with Crippen LogP contribution in [0, 0.1) is 0 Å². The highest BCUT2D eigenvalue weighted by Crippen LogP contribution is 2.19. The number of ether oxygens (including phenoxy) is 2. The second-order valence-corrected chi connectivity index (χ2v) is 3.93. The molecule has 20 heavy (non-hydrogen) atoms. The highest BCUT2D eigenvalue weighted by atomic mass is 16.5. The largest absolute Gasteiger partial charge is 0.481 e. The highest BCUT2D eigenvalue weighted by Gasteiger charge is 2.28. The van der Waals surface area contributed by atoms with Gasteiger partial charge in [-0.25, -0.2) is 4.98 Å². The zero-order chi connectivity index (χ0) is 14.5. The molecule has 1 aromatic heterocycles. The van der Waals surface area contributed by atoms with Gasteiger partial charge in [-0.2, -0.15) is 15.1 Å². The first-order valence-electron chi connectivity index (χ1n) is 6.06. The highest BCUT2D eigenvalue weighted by molar-refractivity contribution is 6.16. The van der Waals surface area contributed by atoms with Crippen molar-refractivity contribution in [3.63, 3.8) is 0 Å². The van der Waals surface area contributed by atoms with Crippen LogP contribution in [0.4, 0.5) is 5.95 Å². The van der Waals surface area contributed by atoms with Gasteiger partial charge in [0.05, 0.1) is 32.3 Å². The van der Waals surface area contributed by atoms with Gasteiger partial charge in [-0.15, -0.1) is 0 Å². The molecule has 0 radical (unpaired) electrons. The van der Waals surface area contributed by atoms with Crippen molar-refractivity contribution in [2.24, 2.45) is 5.10 Å². The lowest BCUT2D eigenvalue weighted by molar-refractivity contribution is -0.141. The fraction of sp³-hybridized carbons (Fsp3) is 0.417. The van der Waals surface area contributed by atoms with Crippen LogP contribution in [0.25, 0.3) is 0 Å². The van der Waals surface area contributed by atoms with E-state index in [0.717, 1.165) is 5.01 Å². The summed E-state index contributed by atoms with van der Waals surface area (Å²) in [5.74, 6) is -0.255. The Hall–Kier alpha value is -2.51. The van der Waals surface area contributed by atoms with E-state index in [-0.39, 0.29) is 24.7 Å². The number of hydrogen-bond donors (Lipinski definition) is 0. The molecule has 0 spiro atoms. The molecular formula is C12H14N4O4. The summed E-state index contributed by atoms with van der Waals surface area (Å²) in [5, 5.41) is 5.12. The minimum absolute atomic E-state index is 0.0138. The Morgan fingerprint density at radius 1 is 1.50 bits per heavy atom. The molecule has 2 rings (SSSR count). The molecule has 1 amide bonds. The van der Waals surface area contributed by atoms with Crippen LogP contribution in [-0.4, -0.2) is 41.3 Å². The standard InChI is InChI=1S/C12H14N4O4/c1-3-20-11(18)7-8-6-10(17)16(15-8)12-13-5-4-9(14-12)19-2/h4-5H,3,6-7H2,1-2H3. The number of hydrazone groups is 1. The molecule has 106 valence electrons. The van der Waals surface area contributed by atoms with Crippen molar-refractivity contribution in [2.45, 2.75) is 19.8 Å². The summed E-state index contributed by atoms with van der Waals surface area (Å²) in [5.41, 5.74) is 0.430. The van der Waals surface area contributed by atoms with E-state index < -0.39 is 5.97 Å². The van der Waals surface area contributed by atoms with Gasteiger partial charge in [-0.05, 0) is 6.92 Å². The molecule has 1 aliphatic rings. The monoisotopic (exact) mass is 278 g/mol. The molecule has 0 aliphatic carbocycles. The van der Waals surface area contributed by atoms with Crippen molar-refractivity contribution in [3.05, 3.63) is 12.3 Å². The number of anilines is 1. The predicted molar refractivity (Wildman–Crippen MR) is 69.4 cm³/mol. The number of amides is 1. The van der Waals surface area contributed by atoms with Gasteiger partial charge in [0, 0.05) is 12.3 Å². The lowest BCUT2D eigenvalue weighted by Crippen LogP contribution is -2.21. The number of carbonyl (C=O) groups excluding carboxylic acids is 2. The average Bonchev–Trinajstić information content (AvgIpc) is 2.79. The second-order valence-electron chi connectivity index (χ2n) is 3.93. The van der Waals surface area contributed by atoms with Crippen LogP contribution < -0.4 is 9.75 Å². The third kappa shape index (κ3) is 3.08. The molecular weight excluding hydrogens is 264 g/mol. The van der Waals surface area contributed by atoms with E-state index >= 15 is 0 Å². The van der Waals surface area contributed by atoms with Crippen LogP contribution in [0.3, 0.4) is 0 Å². The maximum atomic E-state index is 11.9. The molecule has 0 unspecified atom stereocenters. The molecule has 0 bridgehead atoms. The van der Waals surface area contributed by atoms with Crippen LogP contribution in [-0.2, 0) is 14.3 Å². The summed E-state index contributed by atoms with van der Waals surface area (Å²) in [6, 6.07) is 1.56. The van der Waals surface area contributed by atoms with Crippen molar-refractivity contribution >= 4 is 23.5 Å². The van der Waals surface area contributed by atoms with E-state index in [1.54, 1.807) is 13.0 Å². The molecule has 8 heteroatoms. The maximum Gasteiger partial charge on any atom is 0.311 e. The summed E-state index contributed by atoms with van der Waals surface area (Å²) in [6.45, 7) is 2.01. The van der Waals surface area contributed by atoms with Crippen molar-refractivity contribution in [1.29, 1.82) is 0 Å². The molecule has 0 N–H and O–H groups in total.